The molecule has 190 valence electrons. The van der Waals surface area contributed by atoms with Gasteiger partial charge in [-0.25, -0.2) is 17.8 Å². The number of hydrogen-bond donors (Lipinski definition) is 1. The Morgan fingerprint density at radius 2 is 1.87 bits per heavy atom. The van der Waals surface area contributed by atoms with Crippen molar-refractivity contribution < 1.29 is 17.6 Å². The fraction of sp³-hybridized carbons (Fsp3) is 0.179. The summed E-state index contributed by atoms with van der Waals surface area (Å²) in [6.45, 7) is 0.764. The lowest BCUT2D eigenvalue weighted by molar-refractivity contribution is 0.0950. The summed E-state index contributed by atoms with van der Waals surface area (Å²) in [5.41, 5.74) is 2.52. The smallest absolute Gasteiger partial charge is 0.251 e. The molecule has 38 heavy (non-hydrogen) atoms. The van der Waals surface area contributed by atoms with Gasteiger partial charge >= 0.3 is 0 Å². The number of sulfonamides is 1. The quantitative estimate of drug-likeness (QED) is 0.387. The summed E-state index contributed by atoms with van der Waals surface area (Å²) in [4.78, 5) is 17.2. The van der Waals surface area contributed by atoms with E-state index in [0.717, 1.165) is 11.2 Å². The molecule has 5 rings (SSSR count). The number of carbonyl (C=O) groups is 1. The molecule has 1 saturated heterocycles. The number of nitriles is 1. The Morgan fingerprint density at radius 1 is 1.08 bits per heavy atom. The molecular formula is C28H22FN5O3S. The van der Waals surface area contributed by atoms with Crippen LogP contribution in [0.2, 0.25) is 0 Å². The molecule has 0 atom stereocenters. The number of fused-ring (bicyclic) bond motifs is 1. The van der Waals surface area contributed by atoms with E-state index in [1.807, 2.05) is 28.9 Å². The fourth-order valence-electron chi connectivity index (χ4n) is 4.13. The Balaban J connectivity index is 1.41. The van der Waals surface area contributed by atoms with Gasteiger partial charge in [0, 0.05) is 61.3 Å². The first kappa shape index (κ1) is 25.2. The lowest BCUT2D eigenvalue weighted by Gasteiger charge is -2.37. The van der Waals surface area contributed by atoms with Gasteiger partial charge in [0.25, 0.3) is 5.91 Å². The number of pyridine rings is 1. The SMILES string of the molecule is N#CCC1CN(S(=O)(=O)c2ccc(C(=O)NCc3ccn4ccnc4c3)cc2C#Cc2ccc(F)cc2)C1. The van der Waals surface area contributed by atoms with Crippen LogP contribution in [-0.2, 0) is 16.6 Å². The Kier molecular flexibility index (Phi) is 6.93. The maximum Gasteiger partial charge on any atom is 0.251 e. The topological polar surface area (TPSA) is 108 Å². The van der Waals surface area contributed by atoms with E-state index >= 15 is 0 Å². The zero-order chi connectivity index (χ0) is 26.7. The highest BCUT2D eigenvalue weighted by Gasteiger charge is 2.37. The molecule has 0 unspecified atom stereocenters. The van der Waals surface area contributed by atoms with Gasteiger partial charge in [-0.15, -0.1) is 0 Å². The first-order chi connectivity index (χ1) is 18.3. The monoisotopic (exact) mass is 527 g/mol. The van der Waals surface area contributed by atoms with Crippen molar-refractivity contribution in [3.63, 3.8) is 0 Å². The minimum Gasteiger partial charge on any atom is -0.348 e. The normalized spacial score (nSPS) is 13.8. The van der Waals surface area contributed by atoms with Crippen LogP contribution in [0.15, 0.2) is 78.1 Å². The Bertz CT molecular complexity index is 1720. The van der Waals surface area contributed by atoms with E-state index in [9.17, 15) is 17.6 Å². The minimum absolute atomic E-state index is 0.00484. The van der Waals surface area contributed by atoms with Crippen LogP contribution >= 0.6 is 0 Å². The first-order valence-electron chi connectivity index (χ1n) is 11.8. The number of imidazole rings is 1. The zero-order valence-corrected chi connectivity index (χ0v) is 21.0. The van der Waals surface area contributed by atoms with Crippen molar-refractivity contribution in [1.82, 2.24) is 19.0 Å². The number of nitrogens with one attached hydrogen (secondary N) is 1. The number of aromatic nitrogens is 2. The molecule has 0 saturated carbocycles. The molecule has 0 bridgehead atoms. The van der Waals surface area contributed by atoms with Gasteiger partial charge in [0.2, 0.25) is 10.0 Å². The summed E-state index contributed by atoms with van der Waals surface area (Å²) in [5.74, 6) is 4.92. The maximum absolute atomic E-state index is 13.3. The second-order valence-electron chi connectivity index (χ2n) is 8.93. The number of halogens is 1. The number of nitrogens with zero attached hydrogens (tertiary/aromatic N) is 4. The summed E-state index contributed by atoms with van der Waals surface area (Å²) in [5, 5.41) is 11.7. The highest BCUT2D eigenvalue weighted by molar-refractivity contribution is 7.89. The Labute approximate surface area is 219 Å². The van der Waals surface area contributed by atoms with Crippen LogP contribution in [-0.4, -0.2) is 41.1 Å². The molecule has 0 aliphatic carbocycles. The molecule has 1 aliphatic heterocycles. The molecule has 2 aromatic heterocycles. The van der Waals surface area contributed by atoms with Crippen LogP contribution in [0.4, 0.5) is 4.39 Å². The maximum atomic E-state index is 13.3. The van der Waals surface area contributed by atoms with E-state index in [1.165, 1.54) is 46.8 Å². The van der Waals surface area contributed by atoms with Gasteiger partial charge in [-0.3, -0.25) is 4.79 Å². The van der Waals surface area contributed by atoms with Crippen molar-refractivity contribution in [2.45, 2.75) is 17.9 Å². The molecule has 10 heteroatoms. The molecule has 2 aromatic carbocycles. The highest BCUT2D eigenvalue weighted by atomic mass is 32.2. The van der Waals surface area contributed by atoms with Gasteiger partial charge in [-0.05, 0) is 66.1 Å². The summed E-state index contributed by atoms with van der Waals surface area (Å²) in [7, 11) is -3.89. The van der Waals surface area contributed by atoms with Crippen molar-refractivity contribution in [2.24, 2.45) is 5.92 Å². The molecule has 1 amide bonds. The molecule has 0 spiro atoms. The number of benzene rings is 2. The van der Waals surface area contributed by atoms with Crippen molar-refractivity contribution >= 4 is 21.6 Å². The number of carbonyl (C=O) groups excluding carboxylic acids is 1. The van der Waals surface area contributed by atoms with Gasteiger partial charge in [0.05, 0.1) is 11.0 Å². The van der Waals surface area contributed by atoms with Gasteiger partial charge in [-0.1, -0.05) is 11.8 Å². The third-order valence-electron chi connectivity index (χ3n) is 6.26. The van der Waals surface area contributed by atoms with Crippen LogP contribution in [0, 0.1) is 34.9 Å². The highest BCUT2D eigenvalue weighted by Crippen LogP contribution is 2.29. The molecular weight excluding hydrogens is 505 g/mol. The number of hydrogen-bond acceptors (Lipinski definition) is 5. The van der Waals surface area contributed by atoms with Crippen molar-refractivity contribution in [1.29, 1.82) is 5.26 Å². The summed E-state index contributed by atoms with van der Waals surface area (Å²) in [6.07, 6.45) is 5.65. The molecule has 8 nitrogen and oxygen atoms in total. The van der Waals surface area contributed by atoms with Crippen LogP contribution in [0.5, 0.6) is 0 Å². The van der Waals surface area contributed by atoms with Gasteiger partial charge in [0.1, 0.15) is 11.5 Å². The molecule has 1 N–H and O–H groups in total. The minimum atomic E-state index is -3.89. The largest absolute Gasteiger partial charge is 0.348 e. The van der Waals surface area contributed by atoms with Gasteiger partial charge in [-0.2, -0.15) is 9.57 Å². The van der Waals surface area contributed by atoms with Crippen LogP contribution < -0.4 is 5.32 Å². The average molecular weight is 528 g/mol. The average Bonchev–Trinajstić information content (AvgIpc) is 3.36. The fourth-order valence-corrected chi connectivity index (χ4v) is 5.85. The van der Waals surface area contributed by atoms with Crippen LogP contribution in [0.1, 0.15) is 33.5 Å². The van der Waals surface area contributed by atoms with Gasteiger partial charge < -0.3 is 9.72 Å². The molecule has 4 aromatic rings. The molecule has 0 radical (unpaired) electrons. The molecule has 3 heterocycles. The van der Waals surface area contributed by atoms with E-state index in [-0.39, 0.29) is 53.9 Å². The van der Waals surface area contributed by atoms with E-state index in [1.54, 1.807) is 6.20 Å². The summed E-state index contributed by atoms with van der Waals surface area (Å²) >= 11 is 0. The summed E-state index contributed by atoms with van der Waals surface area (Å²) in [6, 6.07) is 15.6. The lowest BCUT2D eigenvalue weighted by Crippen LogP contribution is -2.49. The van der Waals surface area contributed by atoms with Crippen molar-refractivity contribution in [3.05, 3.63) is 101 Å². The number of rotatable bonds is 6. The van der Waals surface area contributed by atoms with E-state index in [0.29, 0.717) is 5.56 Å². The standard InChI is InChI=1S/C28H22FN5O3S/c29-25-6-2-20(3-7-25)1-4-23-16-24(5-8-26(23)38(36,37)34-18-22(19-34)9-11-30)28(35)32-17-21-10-13-33-14-12-31-27(33)15-21/h2-3,5-8,10,12-16,22H,9,17-19H2,(H,32,35). The second-order valence-corrected chi connectivity index (χ2v) is 10.8. The van der Waals surface area contributed by atoms with Crippen molar-refractivity contribution in [3.8, 4) is 17.9 Å². The first-order valence-corrected chi connectivity index (χ1v) is 13.3. The van der Waals surface area contributed by atoms with Gasteiger partial charge in [0.15, 0.2) is 0 Å². The number of amides is 1. The van der Waals surface area contributed by atoms with E-state index in [2.05, 4.69) is 28.2 Å². The predicted molar refractivity (Wildman–Crippen MR) is 138 cm³/mol. The van der Waals surface area contributed by atoms with E-state index < -0.39 is 15.8 Å². The predicted octanol–water partition coefficient (Wildman–Crippen LogP) is 3.34. The Hall–Kier alpha value is -4.51. The molecule has 1 aliphatic rings. The molecule has 1 fully saturated rings. The van der Waals surface area contributed by atoms with E-state index in [4.69, 9.17) is 5.26 Å². The zero-order valence-electron chi connectivity index (χ0n) is 20.1. The van der Waals surface area contributed by atoms with Crippen LogP contribution in [0.3, 0.4) is 0 Å². The second kappa shape index (κ2) is 10.5. The summed E-state index contributed by atoms with van der Waals surface area (Å²) < 4.78 is 43.1. The lowest BCUT2D eigenvalue weighted by atomic mass is 10.0. The Morgan fingerprint density at radius 3 is 2.63 bits per heavy atom. The van der Waals surface area contributed by atoms with Crippen molar-refractivity contribution in [2.75, 3.05) is 13.1 Å². The third-order valence-corrected chi connectivity index (χ3v) is 8.15. The third kappa shape index (κ3) is 5.28. The van der Waals surface area contributed by atoms with Crippen LogP contribution in [0.25, 0.3) is 5.65 Å².